The van der Waals surface area contributed by atoms with Crippen molar-refractivity contribution in [2.75, 3.05) is 12.0 Å². The molecule has 1 aliphatic heterocycles. The number of rotatable bonds is 2. The monoisotopic (exact) mass is 304 g/mol. The van der Waals surface area contributed by atoms with Gasteiger partial charge < -0.3 is 26.6 Å². The van der Waals surface area contributed by atoms with E-state index < -0.39 is 0 Å². The van der Waals surface area contributed by atoms with Gasteiger partial charge in [0.2, 0.25) is 0 Å². The smallest absolute Gasteiger partial charge is 0.142 e. The van der Waals surface area contributed by atoms with Crippen LogP contribution in [0.5, 0.6) is 5.75 Å². The fourth-order valence-electron chi connectivity index (χ4n) is 2.39. The fraction of sp³-hybridized carbons (Fsp3) is 0.200. The van der Waals surface area contributed by atoms with E-state index in [1.54, 1.807) is 7.11 Å². The lowest BCUT2D eigenvalue weighted by atomic mass is 10.1. The molecule has 0 saturated carbocycles. The van der Waals surface area contributed by atoms with Crippen molar-refractivity contribution in [3.63, 3.8) is 0 Å². The van der Waals surface area contributed by atoms with E-state index in [1.807, 2.05) is 12.1 Å². The van der Waals surface area contributed by atoms with Crippen LogP contribution >= 0.6 is 0 Å². The molecule has 18 heavy (non-hydrogen) atoms. The second kappa shape index (κ2) is 5.44. The second-order valence-corrected chi connectivity index (χ2v) is 4.30. The van der Waals surface area contributed by atoms with E-state index in [0.29, 0.717) is 0 Å². The van der Waals surface area contributed by atoms with Gasteiger partial charge in [-0.25, -0.2) is 0 Å². The van der Waals surface area contributed by atoms with Crippen molar-refractivity contribution >= 4 is 5.69 Å². The fourth-order valence-corrected chi connectivity index (χ4v) is 2.39. The van der Waals surface area contributed by atoms with Crippen molar-refractivity contribution in [3.05, 3.63) is 59.7 Å². The molecule has 1 heterocycles. The van der Waals surface area contributed by atoms with Crippen LogP contribution in [0.2, 0.25) is 0 Å². The molecule has 2 aromatic rings. The van der Waals surface area contributed by atoms with Crippen molar-refractivity contribution in [1.82, 2.24) is 0 Å². The van der Waals surface area contributed by atoms with Crippen LogP contribution in [-0.2, 0) is 13.1 Å². The first-order valence-electron chi connectivity index (χ1n) is 5.83. The van der Waals surface area contributed by atoms with Gasteiger partial charge in [-0.3, -0.25) is 0 Å². The molecular formula is C15H15BrNO-. The van der Waals surface area contributed by atoms with Crippen LogP contribution in [0.15, 0.2) is 48.5 Å². The Morgan fingerprint density at radius 1 is 0.889 bits per heavy atom. The molecule has 0 atom stereocenters. The Morgan fingerprint density at radius 2 is 1.44 bits per heavy atom. The first kappa shape index (κ1) is 13.0. The molecule has 0 unspecified atom stereocenters. The maximum Gasteiger partial charge on any atom is 0.142 e. The number of hydrogen-bond acceptors (Lipinski definition) is 2. The van der Waals surface area contributed by atoms with Crippen LogP contribution in [0.25, 0.3) is 0 Å². The van der Waals surface area contributed by atoms with Gasteiger partial charge in [0.25, 0.3) is 0 Å². The zero-order valence-electron chi connectivity index (χ0n) is 10.3. The van der Waals surface area contributed by atoms with E-state index in [-0.39, 0.29) is 17.0 Å². The highest BCUT2D eigenvalue weighted by atomic mass is 79.9. The molecule has 2 nitrogen and oxygen atoms in total. The maximum atomic E-state index is 5.41. The molecule has 0 fully saturated rings. The van der Waals surface area contributed by atoms with Gasteiger partial charge in [-0.05, 0) is 23.3 Å². The number of ether oxygens (including phenoxy) is 1. The molecule has 0 aliphatic carbocycles. The number of anilines is 1. The summed E-state index contributed by atoms with van der Waals surface area (Å²) in [5.41, 5.74) is 4.00. The Kier molecular flexibility index (Phi) is 3.92. The van der Waals surface area contributed by atoms with Gasteiger partial charge in [-0.1, -0.05) is 36.4 Å². The topological polar surface area (TPSA) is 12.5 Å². The summed E-state index contributed by atoms with van der Waals surface area (Å²) < 4.78 is 5.41. The summed E-state index contributed by atoms with van der Waals surface area (Å²) in [5.74, 6) is 0.945. The van der Waals surface area contributed by atoms with Crippen LogP contribution in [0, 0.1) is 0 Å². The van der Waals surface area contributed by atoms with Crippen molar-refractivity contribution < 1.29 is 21.7 Å². The Balaban J connectivity index is 0.00000120. The van der Waals surface area contributed by atoms with Gasteiger partial charge in [0, 0.05) is 13.1 Å². The molecule has 0 radical (unpaired) electrons. The van der Waals surface area contributed by atoms with Crippen molar-refractivity contribution in [3.8, 4) is 5.75 Å². The van der Waals surface area contributed by atoms with E-state index in [2.05, 4.69) is 41.3 Å². The molecule has 2 aromatic carbocycles. The van der Waals surface area contributed by atoms with Gasteiger partial charge in [0.15, 0.2) is 0 Å². The highest BCUT2D eigenvalue weighted by molar-refractivity contribution is 5.60. The van der Waals surface area contributed by atoms with Crippen LogP contribution in [0.3, 0.4) is 0 Å². The average molecular weight is 305 g/mol. The molecule has 0 amide bonds. The van der Waals surface area contributed by atoms with E-state index in [1.165, 1.54) is 16.8 Å². The Hall–Kier alpha value is -1.48. The standard InChI is InChI=1S/C15H15NO.BrH/c1-17-15-9-5-4-8-14(15)16-10-12-6-2-3-7-13(12)11-16;/h2-9H,10-11H2,1H3;1H/p-1. The minimum absolute atomic E-state index is 0. The molecule has 0 aromatic heterocycles. The summed E-state index contributed by atoms with van der Waals surface area (Å²) in [4.78, 5) is 2.35. The molecule has 1 aliphatic rings. The third kappa shape index (κ3) is 2.23. The Morgan fingerprint density at radius 3 is 2.06 bits per heavy atom. The van der Waals surface area contributed by atoms with Crippen LogP contribution in [0.1, 0.15) is 11.1 Å². The number of methoxy groups -OCH3 is 1. The van der Waals surface area contributed by atoms with Crippen molar-refractivity contribution in [2.24, 2.45) is 0 Å². The zero-order chi connectivity index (χ0) is 11.7. The normalized spacial score (nSPS) is 12.8. The Bertz CT molecular complexity index is 517. The van der Waals surface area contributed by atoms with Gasteiger partial charge in [-0.15, -0.1) is 0 Å². The van der Waals surface area contributed by atoms with E-state index >= 15 is 0 Å². The molecule has 3 heteroatoms. The SMILES string of the molecule is COc1ccccc1N1Cc2ccccc2C1.[Br-]. The van der Waals surface area contributed by atoms with Gasteiger partial charge in [0.05, 0.1) is 12.8 Å². The van der Waals surface area contributed by atoms with Gasteiger partial charge >= 0.3 is 0 Å². The first-order chi connectivity index (χ1) is 8.38. The highest BCUT2D eigenvalue weighted by Gasteiger charge is 2.20. The van der Waals surface area contributed by atoms with Crippen LogP contribution < -0.4 is 26.6 Å². The van der Waals surface area contributed by atoms with Crippen molar-refractivity contribution in [1.29, 1.82) is 0 Å². The predicted molar refractivity (Wildman–Crippen MR) is 69.3 cm³/mol. The molecule has 0 bridgehead atoms. The lowest BCUT2D eigenvalue weighted by Gasteiger charge is -2.20. The Labute approximate surface area is 118 Å². The van der Waals surface area contributed by atoms with Gasteiger partial charge in [0.1, 0.15) is 5.75 Å². The number of para-hydroxylation sites is 2. The van der Waals surface area contributed by atoms with Gasteiger partial charge in [-0.2, -0.15) is 0 Å². The minimum atomic E-state index is 0. The van der Waals surface area contributed by atoms with Crippen LogP contribution in [0.4, 0.5) is 5.69 Å². The molecule has 3 rings (SSSR count). The predicted octanol–water partition coefficient (Wildman–Crippen LogP) is 0.219. The molecule has 0 saturated heterocycles. The summed E-state index contributed by atoms with van der Waals surface area (Å²) >= 11 is 0. The largest absolute Gasteiger partial charge is 1.00 e. The summed E-state index contributed by atoms with van der Waals surface area (Å²) in [6.07, 6.45) is 0. The third-order valence-corrected chi connectivity index (χ3v) is 3.27. The maximum absolute atomic E-state index is 5.41. The van der Waals surface area contributed by atoms with Crippen LogP contribution in [-0.4, -0.2) is 7.11 Å². The second-order valence-electron chi connectivity index (χ2n) is 4.30. The minimum Gasteiger partial charge on any atom is -1.00 e. The lowest BCUT2D eigenvalue weighted by Crippen LogP contribution is -3.00. The quantitative estimate of drug-likeness (QED) is 0.787. The van der Waals surface area contributed by atoms with E-state index in [0.717, 1.165) is 18.8 Å². The summed E-state index contributed by atoms with van der Waals surface area (Å²) in [7, 11) is 1.72. The summed E-state index contributed by atoms with van der Waals surface area (Å²) in [5, 5.41) is 0. The number of nitrogens with zero attached hydrogens (tertiary/aromatic N) is 1. The third-order valence-electron chi connectivity index (χ3n) is 3.27. The number of hydrogen-bond donors (Lipinski definition) is 0. The zero-order valence-corrected chi connectivity index (χ0v) is 11.9. The number of benzene rings is 2. The summed E-state index contributed by atoms with van der Waals surface area (Å²) in [6.45, 7) is 1.94. The molecule has 94 valence electrons. The lowest BCUT2D eigenvalue weighted by molar-refractivity contribution is -0.00000368. The average Bonchev–Trinajstić information content (AvgIpc) is 2.82. The number of fused-ring (bicyclic) bond motifs is 1. The highest BCUT2D eigenvalue weighted by Crippen LogP contribution is 2.34. The van der Waals surface area contributed by atoms with E-state index in [9.17, 15) is 0 Å². The molecular weight excluding hydrogens is 290 g/mol. The molecule has 0 N–H and O–H groups in total. The van der Waals surface area contributed by atoms with Crippen molar-refractivity contribution in [2.45, 2.75) is 13.1 Å². The van der Waals surface area contributed by atoms with E-state index in [4.69, 9.17) is 4.74 Å². The molecule has 0 spiro atoms. The first-order valence-corrected chi connectivity index (χ1v) is 5.83. The summed E-state index contributed by atoms with van der Waals surface area (Å²) in [6, 6.07) is 16.8. The number of halogens is 1.